The molecule has 0 aliphatic carbocycles. The number of hydrogen-bond donors (Lipinski definition) is 2. The molecule has 0 aliphatic heterocycles. The van der Waals surface area contributed by atoms with Crippen LogP contribution in [0.5, 0.6) is 0 Å². The van der Waals surface area contributed by atoms with E-state index in [1.54, 1.807) is 18.4 Å². The van der Waals surface area contributed by atoms with Crippen LogP contribution in [0, 0.1) is 5.82 Å². The van der Waals surface area contributed by atoms with Crippen molar-refractivity contribution >= 4 is 45.0 Å². The number of nitrogen functional groups attached to an aromatic ring is 1. The number of benzene rings is 2. The van der Waals surface area contributed by atoms with Gasteiger partial charge >= 0.3 is 5.97 Å². The maximum Gasteiger partial charge on any atom is 0.339 e. The molecule has 0 spiro atoms. The Morgan fingerprint density at radius 1 is 1.19 bits per heavy atom. The largest absolute Gasteiger partial charge is 0.465 e. The van der Waals surface area contributed by atoms with Crippen molar-refractivity contribution in [2.24, 2.45) is 0 Å². The van der Waals surface area contributed by atoms with Crippen LogP contribution in [0.3, 0.4) is 0 Å². The number of para-hydroxylation sites is 1. The van der Waals surface area contributed by atoms with Crippen molar-refractivity contribution in [2.45, 2.75) is 21.4 Å². The van der Waals surface area contributed by atoms with Crippen molar-refractivity contribution < 1.29 is 27.1 Å². The molecule has 0 fully saturated rings. The van der Waals surface area contributed by atoms with Gasteiger partial charge in [-0.3, -0.25) is 4.79 Å². The summed E-state index contributed by atoms with van der Waals surface area (Å²) in [5.41, 5.74) is 6.43. The minimum absolute atomic E-state index is 0.0922. The molecule has 0 atom stereocenters. The zero-order valence-electron chi connectivity index (χ0n) is 17.0. The van der Waals surface area contributed by atoms with Gasteiger partial charge < -0.3 is 15.8 Å². The van der Waals surface area contributed by atoms with Gasteiger partial charge in [0, 0.05) is 0 Å². The standard InChI is InChI=1S/C20H19FN4O5S2/c1-30-20(27)14-5-3-4-6-15(14)23-16(26)11-25-18(22)17(19(24-25)31-2)32(28,29)13-9-7-12(21)8-10-13/h3-10H,11,22H2,1-2H3,(H,23,26). The molecule has 0 unspecified atom stereocenters. The third-order valence-electron chi connectivity index (χ3n) is 4.40. The molecule has 1 amide bonds. The minimum Gasteiger partial charge on any atom is -0.465 e. The Bertz CT molecular complexity index is 1270. The van der Waals surface area contributed by atoms with E-state index >= 15 is 0 Å². The number of nitrogens with two attached hydrogens (primary N) is 1. The predicted octanol–water partition coefficient (Wildman–Crippen LogP) is 2.58. The number of rotatable bonds is 7. The van der Waals surface area contributed by atoms with Crippen LogP contribution in [0.25, 0.3) is 0 Å². The fraction of sp³-hybridized carbons (Fsp3) is 0.150. The highest BCUT2D eigenvalue weighted by molar-refractivity contribution is 7.99. The van der Waals surface area contributed by atoms with Gasteiger partial charge in [0.25, 0.3) is 0 Å². The van der Waals surface area contributed by atoms with Crippen LogP contribution in [0.2, 0.25) is 0 Å². The summed E-state index contributed by atoms with van der Waals surface area (Å²) in [5.74, 6) is -2.04. The molecule has 1 heterocycles. The summed E-state index contributed by atoms with van der Waals surface area (Å²) in [6.45, 7) is -0.409. The normalized spacial score (nSPS) is 11.2. The van der Waals surface area contributed by atoms with Gasteiger partial charge in [-0.1, -0.05) is 12.1 Å². The molecule has 0 saturated heterocycles. The van der Waals surface area contributed by atoms with Gasteiger partial charge in [0.2, 0.25) is 15.7 Å². The average molecular weight is 479 g/mol. The zero-order valence-corrected chi connectivity index (χ0v) is 18.7. The summed E-state index contributed by atoms with van der Waals surface area (Å²) in [5, 5.41) is 6.80. The van der Waals surface area contributed by atoms with Gasteiger partial charge in [0.15, 0.2) is 0 Å². The molecule has 1 aromatic heterocycles. The van der Waals surface area contributed by atoms with E-state index in [0.717, 1.165) is 40.7 Å². The molecular formula is C20H19FN4O5S2. The molecule has 0 bridgehead atoms. The molecule has 12 heteroatoms. The van der Waals surface area contributed by atoms with Crippen LogP contribution >= 0.6 is 11.8 Å². The maximum absolute atomic E-state index is 13.2. The fourth-order valence-electron chi connectivity index (χ4n) is 2.88. The van der Waals surface area contributed by atoms with Gasteiger partial charge in [-0.2, -0.15) is 5.10 Å². The van der Waals surface area contributed by atoms with E-state index in [9.17, 15) is 22.4 Å². The van der Waals surface area contributed by atoms with Gasteiger partial charge in [0.05, 0.1) is 23.3 Å². The number of amides is 1. The molecule has 2 aromatic carbocycles. The number of nitrogens with zero attached hydrogens (tertiary/aromatic N) is 2. The molecule has 0 radical (unpaired) electrons. The number of hydrogen-bond acceptors (Lipinski definition) is 8. The molecule has 0 saturated carbocycles. The Hall–Kier alpha value is -3.38. The van der Waals surface area contributed by atoms with E-state index in [-0.39, 0.29) is 31.9 Å². The van der Waals surface area contributed by atoms with Crippen molar-refractivity contribution in [3.8, 4) is 0 Å². The highest BCUT2D eigenvalue weighted by atomic mass is 32.2. The lowest BCUT2D eigenvalue weighted by Gasteiger charge is -2.10. The highest BCUT2D eigenvalue weighted by Crippen LogP contribution is 2.34. The van der Waals surface area contributed by atoms with E-state index < -0.39 is 34.1 Å². The quantitative estimate of drug-likeness (QED) is 0.301. The molecule has 32 heavy (non-hydrogen) atoms. The van der Waals surface area contributed by atoms with Crippen molar-refractivity contribution in [1.82, 2.24) is 9.78 Å². The maximum atomic E-state index is 13.2. The number of carbonyl (C=O) groups excluding carboxylic acids is 2. The lowest BCUT2D eigenvalue weighted by atomic mass is 10.2. The van der Waals surface area contributed by atoms with E-state index in [4.69, 9.17) is 10.5 Å². The van der Waals surface area contributed by atoms with E-state index in [1.165, 1.54) is 19.2 Å². The van der Waals surface area contributed by atoms with E-state index in [1.807, 2.05) is 0 Å². The van der Waals surface area contributed by atoms with Crippen LogP contribution in [-0.4, -0.2) is 43.4 Å². The third kappa shape index (κ3) is 4.60. The first kappa shape index (κ1) is 23.3. The number of carbonyl (C=O) groups is 2. The minimum atomic E-state index is -4.11. The number of thioether (sulfide) groups is 1. The molecule has 3 N–H and O–H groups in total. The smallest absolute Gasteiger partial charge is 0.339 e. The zero-order chi connectivity index (χ0) is 23.5. The van der Waals surface area contributed by atoms with Crippen LogP contribution in [0.4, 0.5) is 15.9 Å². The first-order valence-electron chi connectivity index (χ1n) is 9.07. The Morgan fingerprint density at radius 2 is 1.84 bits per heavy atom. The summed E-state index contributed by atoms with van der Waals surface area (Å²) in [6, 6.07) is 10.6. The summed E-state index contributed by atoms with van der Waals surface area (Å²) in [4.78, 5) is 24.0. The topological polar surface area (TPSA) is 133 Å². The predicted molar refractivity (Wildman–Crippen MR) is 117 cm³/mol. The number of ether oxygens (including phenoxy) is 1. The number of halogens is 1. The monoisotopic (exact) mass is 478 g/mol. The van der Waals surface area contributed by atoms with E-state index in [0.29, 0.717) is 0 Å². The van der Waals surface area contributed by atoms with Crippen molar-refractivity contribution in [3.63, 3.8) is 0 Å². The molecule has 168 valence electrons. The highest BCUT2D eigenvalue weighted by Gasteiger charge is 2.30. The molecule has 3 aromatic rings. The van der Waals surface area contributed by atoms with Gasteiger partial charge in [-0.05, 0) is 42.7 Å². The van der Waals surface area contributed by atoms with Crippen LogP contribution in [0.1, 0.15) is 10.4 Å². The summed E-state index contributed by atoms with van der Waals surface area (Å²) in [7, 11) is -2.89. The van der Waals surface area contributed by atoms with Crippen LogP contribution < -0.4 is 11.1 Å². The number of nitrogens with one attached hydrogen (secondary N) is 1. The summed E-state index contributed by atoms with van der Waals surface area (Å²) < 4.78 is 45.1. The Labute approximate surface area is 187 Å². The number of esters is 1. The Kier molecular flexibility index (Phi) is 6.84. The second-order valence-corrected chi connectivity index (χ2v) is 9.11. The number of aromatic nitrogens is 2. The van der Waals surface area contributed by atoms with Crippen molar-refractivity contribution in [1.29, 1.82) is 0 Å². The molecular weight excluding hydrogens is 459 g/mol. The van der Waals surface area contributed by atoms with Gasteiger partial charge in [-0.15, -0.1) is 11.8 Å². The van der Waals surface area contributed by atoms with Gasteiger partial charge in [-0.25, -0.2) is 22.3 Å². The molecule has 3 rings (SSSR count). The van der Waals surface area contributed by atoms with Gasteiger partial charge in [0.1, 0.15) is 28.1 Å². The second-order valence-electron chi connectivity index (χ2n) is 6.42. The lowest BCUT2D eigenvalue weighted by Crippen LogP contribution is -2.22. The average Bonchev–Trinajstić information content (AvgIpc) is 3.09. The first-order valence-corrected chi connectivity index (χ1v) is 11.8. The fourth-order valence-corrected chi connectivity index (χ4v) is 5.31. The SMILES string of the molecule is COC(=O)c1ccccc1NC(=O)Cn1nc(SC)c(S(=O)(=O)c2ccc(F)cc2)c1N. The second kappa shape index (κ2) is 9.40. The molecule has 9 nitrogen and oxygen atoms in total. The molecule has 0 aliphatic rings. The van der Waals surface area contributed by atoms with Crippen LogP contribution in [0.15, 0.2) is 63.3 Å². The van der Waals surface area contributed by atoms with Crippen molar-refractivity contribution in [2.75, 3.05) is 24.4 Å². The lowest BCUT2D eigenvalue weighted by molar-refractivity contribution is -0.116. The Morgan fingerprint density at radius 3 is 2.47 bits per heavy atom. The third-order valence-corrected chi connectivity index (χ3v) is 7.04. The van der Waals surface area contributed by atoms with E-state index in [2.05, 4.69) is 10.4 Å². The summed E-state index contributed by atoms with van der Waals surface area (Å²) >= 11 is 1.04. The number of sulfone groups is 1. The van der Waals surface area contributed by atoms with Crippen molar-refractivity contribution in [3.05, 3.63) is 59.9 Å². The number of anilines is 2. The number of methoxy groups -OCH3 is 1. The summed E-state index contributed by atoms with van der Waals surface area (Å²) in [6.07, 6.45) is 1.61. The first-order chi connectivity index (χ1) is 15.2. The Balaban J connectivity index is 1.91. The van der Waals surface area contributed by atoms with Crippen LogP contribution in [-0.2, 0) is 25.9 Å².